The van der Waals surface area contributed by atoms with Gasteiger partial charge in [0.05, 0.1) is 7.11 Å². The second-order valence-corrected chi connectivity index (χ2v) is 5.95. The number of amides is 1. The fourth-order valence-corrected chi connectivity index (χ4v) is 2.53. The van der Waals surface area contributed by atoms with Crippen molar-refractivity contribution in [3.05, 3.63) is 0 Å². The highest BCUT2D eigenvalue weighted by Gasteiger charge is 2.31. The van der Waals surface area contributed by atoms with Crippen molar-refractivity contribution in [1.29, 1.82) is 0 Å². The molecule has 1 aliphatic heterocycles. The van der Waals surface area contributed by atoms with Gasteiger partial charge in [-0.05, 0) is 51.6 Å². The molecule has 1 amide bonds. The van der Waals surface area contributed by atoms with Crippen LogP contribution in [0.1, 0.15) is 40.0 Å². The highest BCUT2D eigenvalue weighted by Crippen LogP contribution is 2.22. The van der Waals surface area contributed by atoms with Crippen LogP contribution in [0.4, 0.5) is 0 Å². The van der Waals surface area contributed by atoms with Crippen molar-refractivity contribution >= 4 is 11.9 Å². The molecule has 2 N–H and O–H groups in total. The molecule has 0 aliphatic carbocycles. The van der Waals surface area contributed by atoms with Crippen molar-refractivity contribution in [2.45, 2.75) is 45.6 Å². The van der Waals surface area contributed by atoms with Crippen LogP contribution in [0.15, 0.2) is 0 Å². The average molecular weight is 270 g/mol. The zero-order valence-corrected chi connectivity index (χ0v) is 12.4. The van der Waals surface area contributed by atoms with E-state index in [1.165, 1.54) is 20.0 Å². The predicted octanol–water partition coefficient (Wildman–Crippen LogP) is 1.08. The SMILES string of the molecule is COC(=O)C(C)(C)NC(=O)CC(C)C1CCCNC1. The maximum Gasteiger partial charge on any atom is 0.330 e. The summed E-state index contributed by atoms with van der Waals surface area (Å²) >= 11 is 0. The van der Waals surface area contributed by atoms with Crippen LogP contribution >= 0.6 is 0 Å². The molecule has 110 valence electrons. The van der Waals surface area contributed by atoms with Gasteiger partial charge in [0.1, 0.15) is 5.54 Å². The lowest BCUT2D eigenvalue weighted by molar-refractivity contribution is -0.149. The number of hydrogen-bond acceptors (Lipinski definition) is 4. The van der Waals surface area contributed by atoms with E-state index in [-0.39, 0.29) is 5.91 Å². The highest BCUT2D eigenvalue weighted by atomic mass is 16.5. The molecule has 1 aliphatic rings. The quantitative estimate of drug-likeness (QED) is 0.734. The minimum absolute atomic E-state index is 0.0894. The Morgan fingerprint density at radius 2 is 2.16 bits per heavy atom. The van der Waals surface area contributed by atoms with Crippen molar-refractivity contribution in [3.63, 3.8) is 0 Å². The molecule has 5 nitrogen and oxygen atoms in total. The fraction of sp³-hybridized carbons (Fsp3) is 0.857. The smallest absolute Gasteiger partial charge is 0.330 e. The van der Waals surface area contributed by atoms with Gasteiger partial charge >= 0.3 is 5.97 Å². The highest BCUT2D eigenvalue weighted by molar-refractivity contribution is 5.87. The van der Waals surface area contributed by atoms with Gasteiger partial charge in [0.25, 0.3) is 0 Å². The van der Waals surface area contributed by atoms with Gasteiger partial charge in [-0.1, -0.05) is 6.92 Å². The van der Waals surface area contributed by atoms with Crippen LogP contribution in [0, 0.1) is 11.8 Å². The molecule has 19 heavy (non-hydrogen) atoms. The number of hydrogen-bond donors (Lipinski definition) is 2. The van der Waals surface area contributed by atoms with Crippen molar-refractivity contribution in [3.8, 4) is 0 Å². The summed E-state index contributed by atoms with van der Waals surface area (Å²) in [6.07, 6.45) is 2.79. The number of methoxy groups -OCH3 is 1. The summed E-state index contributed by atoms with van der Waals surface area (Å²) in [6.45, 7) is 7.47. The molecule has 2 atom stereocenters. The van der Waals surface area contributed by atoms with Crippen LogP contribution in [-0.2, 0) is 14.3 Å². The molecule has 0 radical (unpaired) electrons. The van der Waals surface area contributed by atoms with E-state index in [0.29, 0.717) is 18.3 Å². The van der Waals surface area contributed by atoms with Gasteiger partial charge in [-0.3, -0.25) is 4.79 Å². The molecule has 0 saturated carbocycles. The number of esters is 1. The van der Waals surface area contributed by atoms with Crippen LogP contribution in [0.25, 0.3) is 0 Å². The molecule has 1 rings (SSSR count). The average Bonchev–Trinajstić information content (AvgIpc) is 2.37. The summed E-state index contributed by atoms with van der Waals surface area (Å²) in [6, 6.07) is 0. The number of rotatable bonds is 5. The van der Waals surface area contributed by atoms with Crippen molar-refractivity contribution in [1.82, 2.24) is 10.6 Å². The van der Waals surface area contributed by atoms with Crippen LogP contribution in [0.2, 0.25) is 0 Å². The van der Waals surface area contributed by atoms with Crippen LogP contribution in [-0.4, -0.2) is 37.6 Å². The van der Waals surface area contributed by atoms with E-state index in [4.69, 9.17) is 0 Å². The molecule has 0 aromatic heterocycles. The maximum absolute atomic E-state index is 12.0. The number of nitrogens with one attached hydrogen (secondary N) is 2. The number of carbonyl (C=O) groups is 2. The zero-order valence-electron chi connectivity index (χ0n) is 12.4. The van der Waals surface area contributed by atoms with Gasteiger partial charge in [-0.15, -0.1) is 0 Å². The van der Waals surface area contributed by atoms with Crippen LogP contribution in [0.5, 0.6) is 0 Å². The van der Waals surface area contributed by atoms with E-state index in [1.807, 2.05) is 0 Å². The number of carbonyl (C=O) groups excluding carboxylic acids is 2. The van der Waals surface area contributed by atoms with Crippen molar-refractivity contribution in [2.24, 2.45) is 11.8 Å². The van der Waals surface area contributed by atoms with Crippen molar-refractivity contribution < 1.29 is 14.3 Å². The minimum Gasteiger partial charge on any atom is -0.467 e. The third kappa shape index (κ3) is 4.82. The first-order valence-electron chi connectivity index (χ1n) is 6.97. The fourth-order valence-electron chi connectivity index (χ4n) is 2.53. The van der Waals surface area contributed by atoms with Crippen LogP contribution in [0.3, 0.4) is 0 Å². The van der Waals surface area contributed by atoms with Gasteiger partial charge in [0, 0.05) is 6.42 Å². The van der Waals surface area contributed by atoms with E-state index in [2.05, 4.69) is 22.3 Å². The molecule has 0 aromatic rings. The van der Waals surface area contributed by atoms with Crippen LogP contribution < -0.4 is 10.6 Å². The normalized spacial score (nSPS) is 21.6. The molecule has 0 spiro atoms. The van der Waals surface area contributed by atoms with Gasteiger partial charge in [0.15, 0.2) is 0 Å². The Balaban J connectivity index is 2.43. The van der Waals surface area contributed by atoms with Gasteiger partial charge in [-0.2, -0.15) is 0 Å². The van der Waals surface area contributed by atoms with Gasteiger partial charge in [-0.25, -0.2) is 4.79 Å². The Morgan fingerprint density at radius 3 is 2.68 bits per heavy atom. The molecule has 1 heterocycles. The molecule has 5 heteroatoms. The molecule has 0 aromatic carbocycles. The third-order valence-electron chi connectivity index (χ3n) is 3.79. The van der Waals surface area contributed by atoms with E-state index in [9.17, 15) is 9.59 Å². The van der Waals surface area contributed by atoms with E-state index in [1.54, 1.807) is 13.8 Å². The molecule has 0 bridgehead atoms. The van der Waals surface area contributed by atoms with E-state index in [0.717, 1.165) is 13.1 Å². The minimum atomic E-state index is -0.962. The lowest BCUT2D eigenvalue weighted by Crippen LogP contribution is -2.51. The first-order valence-corrected chi connectivity index (χ1v) is 6.97. The number of ether oxygens (including phenoxy) is 1. The molecule has 1 fully saturated rings. The number of piperidine rings is 1. The Hall–Kier alpha value is -1.10. The Kier molecular flexibility index (Phi) is 5.79. The molecule has 2 unspecified atom stereocenters. The van der Waals surface area contributed by atoms with E-state index >= 15 is 0 Å². The Labute approximate surface area is 115 Å². The van der Waals surface area contributed by atoms with Gasteiger partial charge < -0.3 is 15.4 Å². The Bertz CT molecular complexity index is 323. The lowest BCUT2D eigenvalue weighted by atomic mass is 9.85. The summed E-state index contributed by atoms with van der Waals surface area (Å²) in [7, 11) is 1.33. The third-order valence-corrected chi connectivity index (χ3v) is 3.79. The molecule has 1 saturated heterocycles. The summed E-state index contributed by atoms with van der Waals surface area (Å²) in [5.74, 6) is 0.350. The second kappa shape index (κ2) is 6.89. The first-order chi connectivity index (χ1) is 8.86. The largest absolute Gasteiger partial charge is 0.467 e. The summed E-state index contributed by atoms with van der Waals surface area (Å²) in [5, 5.41) is 6.10. The predicted molar refractivity (Wildman–Crippen MR) is 73.6 cm³/mol. The maximum atomic E-state index is 12.0. The van der Waals surface area contributed by atoms with Crippen molar-refractivity contribution in [2.75, 3.05) is 20.2 Å². The zero-order chi connectivity index (χ0) is 14.5. The second-order valence-electron chi connectivity index (χ2n) is 5.95. The Morgan fingerprint density at radius 1 is 1.47 bits per heavy atom. The summed E-state index contributed by atoms with van der Waals surface area (Å²) in [5.41, 5.74) is -0.962. The first kappa shape index (κ1) is 16.0. The summed E-state index contributed by atoms with van der Waals surface area (Å²) < 4.78 is 4.67. The lowest BCUT2D eigenvalue weighted by Gasteiger charge is -2.29. The monoisotopic (exact) mass is 270 g/mol. The standard InChI is InChI=1S/C14H26N2O3/c1-10(11-6-5-7-15-9-11)8-12(17)16-14(2,3)13(18)19-4/h10-11,15H,5-9H2,1-4H3,(H,16,17). The topological polar surface area (TPSA) is 67.4 Å². The molecular weight excluding hydrogens is 244 g/mol. The van der Waals surface area contributed by atoms with E-state index < -0.39 is 11.5 Å². The molecular formula is C14H26N2O3. The van der Waals surface area contributed by atoms with Gasteiger partial charge in [0.2, 0.25) is 5.91 Å². The summed E-state index contributed by atoms with van der Waals surface area (Å²) in [4.78, 5) is 23.5.